The van der Waals surface area contributed by atoms with E-state index in [9.17, 15) is 4.79 Å². The predicted molar refractivity (Wildman–Crippen MR) is 75.0 cm³/mol. The third kappa shape index (κ3) is 2.38. The summed E-state index contributed by atoms with van der Waals surface area (Å²) in [6.07, 6.45) is 1.98. The van der Waals surface area contributed by atoms with E-state index in [1.807, 2.05) is 36.4 Å². The number of hydrogen-bond donors (Lipinski definition) is 1. The molecule has 20 heavy (non-hydrogen) atoms. The Kier molecular flexibility index (Phi) is 3.16. The molecule has 0 fully saturated rings. The molecule has 1 aromatic carbocycles. The maximum atomic E-state index is 11.3. The highest BCUT2D eigenvalue weighted by Crippen LogP contribution is 2.19. The third-order valence-corrected chi connectivity index (χ3v) is 3.03. The summed E-state index contributed by atoms with van der Waals surface area (Å²) in [5.41, 5.74) is 3.41. The number of benzene rings is 1. The van der Waals surface area contributed by atoms with Crippen LogP contribution in [0, 0.1) is 0 Å². The molecule has 0 amide bonds. The molecule has 3 rings (SSSR count). The Morgan fingerprint density at radius 3 is 2.95 bits per heavy atom. The van der Waals surface area contributed by atoms with Crippen LogP contribution in [0.25, 0.3) is 22.6 Å². The Labute approximate surface area is 115 Å². The number of aromatic amines is 1. The van der Waals surface area contributed by atoms with Crippen molar-refractivity contribution in [1.82, 2.24) is 15.0 Å². The zero-order chi connectivity index (χ0) is 13.9. The molecule has 2 aromatic heterocycles. The summed E-state index contributed by atoms with van der Waals surface area (Å²) >= 11 is 0. The van der Waals surface area contributed by atoms with Gasteiger partial charge in [-0.2, -0.15) is 0 Å². The summed E-state index contributed by atoms with van der Waals surface area (Å²) in [6.45, 7) is 0. The molecular weight excluding hydrogens is 254 g/mol. The second-order valence-corrected chi connectivity index (χ2v) is 4.40. The Hall–Kier alpha value is -2.69. The number of carbonyl (C=O) groups excluding carboxylic acids is 1. The van der Waals surface area contributed by atoms with E-state index in [2.05, 4.69) is 19.7 Å². The fourth-order valence-electron chi connectivity index (χ4n) is 2.03. The standard InChI is InChI=1S/C15H13N3O2/c1-20-14(19)9-10-5-6-11-13(8-10)18-15(17-11)12-4-2-3-7-16-12/h2-8H,9H2,1H3,(H,17,18). The highest BCUT2D eigenvalue weighted by atomic mass is 16.5. The molecule has 0 atom stereocenters. The first kappa shape index (κ1) is 12.3. The van der Waals surface area contributed by atoms with Crippen LogP contribution < -0.4 is 0 Å². The van der Waals surface area contributed by atoms with Crippen molar-refractivity contribution in [1.29, 1.82) is 0 Å². The van der Waals surface area contributed by atoms with E-state index in [1.165, 1.54) is 7.11 Å². The smallest absolute Gasteiger partial charge is 0.309 e. The molecule has 1 N–H and O–H groups in total. The summed E-state index contributed by atoms with van der Waals surface area (Å²) in [5, 5.41) is 0. The first-order valence-electron chi connectivity index (χ1n) is 6.23. The number of H-pyrrole nitrogens is 1. The number of nitrogens with zero attached hydrogens (tertiary/aromatic N) is 2. The SMILES string of the molecule is COC(=O)Cc1ccc2nc(-c3ccccn3)[nH]c2c1. The van der Waals surface area contributed by atoms with Gasteiger partial charge in [-0.1, -0.05) is 12.1 Å². The van der Waals surface area contributed by atoms with Crippen molar-refractivity contribution < 1.29 is 9.53 Å². The van der Waals surface area contributed by atoms with Gasteiger partial charge < -0.3 is 9.72 Å². The topological polar surface area (TPSA) is 67.9 Å². The van der Waals surface area contributed by atoms with Crippen molar-refractivity contribution in [3.8, 4) is 11.5 Å². The Morgan fingerprint density at radius 1 is 1.30 bits per heavy atom. The van der Waals surface area contributed by atoms with Gasteiger partial charge in [0.15, 0.2) is 5.82 Å². The number of hydrogen-bond acceptors (Lipinski definition) is 4. The first-order valence-corrected chi connectivity index (χ1v) is 6.23. The molecule has 0 bridgehead atoms. The van der Waals surface area contributed by atoms with Crippen molar-refractivity contribution in [3.63, 3.8) is 0 Å². The van der Waals surface area contributed by atoms with Gasteiger partial charge in [-0.3, -0.25) is 9.78 Å². The van der Waals surface area contributed by atoms with Gasteiger partial charge in [0.05, 0.1) is 24.6 Å². The average molecular weight is 267 g/mol. The van der Waals surface area contributed by atoms with Crippen LogP contribution in [-0.4, -0.2) is 28.0 Å². The van der Waals surface area contributed by atoms with Crippen molar-refractivity contribution in [2.45, 2.75) is 6.42 Å². The average Bonchev–Trinajstić information content (AvgIpc) is 2.91. The molecule has 100 valence electrons. The van der Waals surface area contributed by atoms with Gasteiger partial charge in [0, 0.05) is 6.20 Å². The quantitative estimate of drug-likeness (QED) is 0.739. The van der Waals surface area contributed by atoms with Gasteiger partial charge in [0.1, 0.15) is 5.69 Å². The molecule has 5 heteroatoms. The lowest BCUT2D eigenvalue weighted by Crippen LogP contribution is -2.04. The fourth-order valence-corrected chi connectivity index (χ4v) is 2.03. The van der Waals surface area contributed by atoms with E-state index in [1.54, 1.807) is 6.20 Å². The Balaban J connectivity index is 1.97. The maximum Gasteiger partial charge on any atom is 0.309 e. The van der Waals surface area contributed by atoms with E-state index in [4.69, 9.17) is 0 Å². The first-order chi connectivity index (χ1) is 9.76. The van der Waals surface area contributed by atoms with E-state index < -0.39 is 0 Å². The maximum absolute atomic E-state index is 11.3. The number of nitrogens with one attached hydrogen (secondary N) is 1. The molecule has 0 aliphatic rings. The molecule has 0 aliphatic carbocycles. The number of esters is 1. The van der Waals surface area contributed by atoms with Crippen molar-refractivity contribution in [2.24, 2.45) is 0 Å². The zero-order valence-electron chi connectivity index (χ0n) is 11.0. The molecule has 5 nitrogen and oxygen atoms in total. The number of rotatable bonds is 3. The lowest BCUT2D eigenvalue weighted by atomic mass is 10.1. The highest BCUT2D eigenvalue weighted by molar-refractivity contribution is 5.81. The molecule has 3 aromatic rings. The summed E-state index contributed by atoms with van der Waals surface area (Å²) in [7, 11) is 1.39. The van der Waals surface area contributed by atoms with E-state index >= 15 is 0 Å². The number of aromatic nitrogens is 3. The second-order valence-electron chi connectivity index (χ2n) is 4.40. The van der Waals surface area contributed by atoms with Crippen LogP contribution in [-0.2, 0) is 16.0 Å². The van der Waals surface area contributed by atoms with Gasteiger partial charge >= 0.3 is 5.97 Å². The monoisotopic (exact) mass is 267 g/mol. The molecule has 0 aliphatic heterocycles. The highest BCUT2D eigenvalue weighted by Gasteiger charge is 2.08. The van der Waals surface area contributed by atoms with Gasteiger partial charge in [-0.05, 0) is 29.8 Å². The largest absolute Gasteiger partial charge is 0.469 e. The lowest BCUT2D eigenvalue weighted by Gasteiger charge is -1.99. The number of carbonyl (C=O) groups is 1. The van der Waals surface area contributed by atoms with Crippen LogP contribution in [0.2, 0.25) is 0 Å². The number of pyridine rings is 1. The minimum atomic E-state index is -0.256. The van der Waals surface area contributed by atoms with Gasteiger partial charge in [-0.15, -0.1) is 0 Å². The van der Waals surface area contributed by atoms with Gasteiger partial charge in [0.25, 0.3) is 0 Å². The normalized spacial score (nSPS) is 10.7. The molecule has 0 unspecified atom stereocenters. The van der Waals surface area contributed by atoms with Crippen LogP contribution in [0.1, 0.15) is 5.56 Å². The zero-order valence-corrected chi connectivity index (χ0v) is 11.0. The van der Waals surface area contributed by atoms with Crippen LogP contribution >= 0.6 is 0 Å². The number of methoxy groups -OCH3 is 1. The van der Waals surface area contributed by atoms with Gasteiger partial charge in [0.2, 0.25) is 0 Å². The van der Waals surface area contributed by atoms with E-state index in [0.29, 0.717) is 0 Å². The fraction of sp³-hybridized carbons (Fsp3) is 0.133. The van der Waals surface area contributed by atoms with Gasteiger partial charge in [-0.25, -0.2) is 4.98 Å². The van der Waals surface area contributed by atoms with Crippen LogP contribution in [0.15, 0.2) is 42.6 Å². The number of fused-ring (bicyclic) bond motifs is 1. The molecule has 0 radical (unpaired) electrons. The molecule has 0 saturated heterocycles. The van der Waals surface area contributed by atoms with Crippen molar-refractivity contribution in [2.75, 3.05) is 7.11 Å². The Morgan fingerprint density at radius 2 is 2.20 bits per heavy atom. The van der Waals surface area contributed by atoms with Crippen LogP contribution in [0.3, 0.4) is 0 Å². The predicted octanol–water partition coefficient (Wildman–Crippen LogP) is 2.34. The summed E-state index contributed by atoms with van der Waals surface area (Å²) < 4.78 is 4.67. The number of imidazole rings is 1. The lowest BCUT2D eigenvalue weighted by molar-refractivity contribution is -0.139. The van der Waals surface area contributed by atoms with Crippen LogP contribution in [0.5, 0.6) is 0 Å². The molecule has 0 spiro atoms. The number of ether oxygens (including phenoxy) is 1. The summed E-state index contributed by atoms with van der Waals surface area (Å²) in [6, 6.07) is 11.3. The minimum Gasteiger partial charge on any atom is -0.469 e. The summed E-state index contributed by atoms with van der Waals surface area (Å²) in [5.74, 6) is 0.463. The molecule has 2 heterocycles. The summed E-state index contributed by atoms with van der Waals surface area (Å²) in [4.78, 5) is 23.3. The minimum absolute atomic E-state index is 0.254. The van der Waals surface area contributed by atoms with Crippen molar-refractivity contribution >= 4 is 17.0 Å². The molecule has 0 saturated carbocycles. The third-order valence-electron chi connectivity index (χ3n) is 3.03. The van der Waals surface area contributed by atoms with Crippen molar-refractivity contribution in [3.05, 3.63) is 48.2 Å². The second kappa shape index (κ2) is 5.13. The van der Waals surface area contributed by atoms with E-state index in [0.717, 1.165) is 28.1 Å². The van der Waals surface area contributed by atoms with E-state index in [-0.39, 0.29) is 12.4 Å². The molecular formula is C15H13N3O2. The Bertz CT molecular complexity index is 750. The van der Waals surface area contributed by atoms with Crippen LogP contribution in [0.4, 0.5) is 0 Å².